The second-order valence-corrected chi connectivity index (χ2v) is 10.3. The van der Waals surface area contributed by atoms with Crippen LogP contribution in [0.2, 0.25) is 0 Å². The molecular formula is C26H28N4O2. The maximum atomic E-state index is 13.3. The number of carbonyl (C=O) groups is 2. The summed E-state index contributed by atoms with van der Waals surface area (Å²) >= 11 is 0. The summed E-state index contributed by atoms with van der Waals surface area (Å²) in [6.07, 6.45) is 9.67. The van der Waals surface area contributed by atoms with E-state index in [0.717, 1.165) is 43.0 Å². The average Bonchev–Trinajstić information content (AvgIpc) is 3.13. The van der Waals surface area contributed by atoms with Crippen molar-refractivity contribution in [1.29, 1.82) is 0 Å². The number of rotatable bonds is 4. The van der Waals surface area contributed by atoms with Crippen LogP contribution in [-0.4, -0.2) is 32.4 Å². The lowest BCUT2D eigenvalue weighted by Crippen LogP contribution is -2.69. The smallest absolute Gasteiger partial charge is 0.270 e. The molecule has 0 saturated heterocycles. The Morgan fingerprint density at radius 2 is 1.69 bits per heavy atom. The van der Waals surface area contributed by atoms with Gasteiger partial charge in [-0.3, -0.25) is 14.6 Å². The van der Waals surface area contributed by atoms with E-state index in [1.165, 1.54) is 6.42 Å². The fraction of sp³-hybridized carbons (Fsp3) is 0.423. The van der Waals surface area contributed by atoms with Crippen LogP contribution in [0.4, 0.5) is 0 Å². The first-order valence-electron chi connectivity index (χ1n) is 11.5. The molecule has 164 valence electrons. The summed E-state index contributed by atoms with van der Waals surface area (Å²) in [4.78, 5) is 30.5. The van der Waals surface area contributed by atoms with Crippen molar-refractivity contribution in [2.24, 2.45) is 18.9 Å². The zero-order chi connectivity index (χ0) is 21.9. The molecule has 7 rings (SSSR count). The predicted octanol–water partition coefficient (Wildman–Crippen LogP) is 3.82. The third-order valence-electron chi connectivity index (χ3n) is 7.86. The first-order chi connectivity index (χ1) is 15.4. The first-order valence-corrected chi connectivity index (χ1v) is 11.5. The largest absolute Gasteiger partial charge is 0.351 e. The fourth-order valence-corrected chi connectivity index (χ4v) is 7.09. The molecule has 6 heteroatoms. The van der Waals surface area contributed by atoms with Crippen LogP contribution in [0.25, 0.3) is 10.9 Å². The van der Waals surface area contributed by atoms with Crippen LogP contribution >= 0.6 is 0 Å². The lowest BCUT2D eigenvalue weighted by Gasteiger charge is -2.62. The quantitative estimate of drug-likeness (QED) is 0.663. The number of pyridine rings is 1. The number of aryl methyl sites for hydroxylation is 1. The molecule has 2 unspecified atom stereocenters. The van der Waals surface area contributed by atoms with E-state index in [1.54, 1.807) is 12.3 Å². The van der Waals surface area contributed by atoms with Gasteiger partial charge in [0.05, 0.1) is 0 Å². The molecule has 4 aliphatic rings. The normalized spacial score (nSPS) is 30.4. The molecule has 4 bridgehead atoms. The molecule has 3 aromatic rings. The molecule has 2 amide bonds. The minimum atomic E-state index is -0.255. The Morgan fingerprint density at radius 3 is 2.38 bits per heavy atom. The van der Waals surface area contributed by atoms with Crippen LogP contribution < -0.4 is 10.6 Å². The highest BCUT2D eigenvalue weighted by molar-refractivity contribution is 5.98. The summed E-state index contributed by atoms with van der Waals surface area (Å²) in [5, 5.41) is 7.86. The number of hydrogen-bond acceptors (Lipinski definition) is 3. The second kappa shape index (κ2) is 6.92. The van der Waals surface area contributed by atoms with E-state index < -0.39 is 0 Å². The molecule has 6 nitrogen and oxygen atoms in total. The molecule has 2 heterocycles. The Balaban J connectivity index is 1.25. The van der Waals surface area contributed by atoms with Crippen molar-refractivity contribution in [3.8, 4) is 0 Å². The maximum absolute atomic E-state index is 13.3. The standard InChI is InChI=1S/C26H28N4O2/c1-30-9-7-19-11-20(5-6-22(19)30)23(31)28-25-12-17-10-18(13-25)15-26(14-17,16-25)29-24(32)21-4-2-3-8-27-21/h2-9,11,17-18H,10,12-16H2,1H3,(H,28,31)(H,29,32). The lowest BCUT2D eigenvalue weighted by molar-refractivity contribution is -0.0448. The van der Waals surface area contributed by atoms with Crippen molar-refractivity contribution in [1.82, 2.24) is 20.2 Å². The SMILES string of the molecule is Cn1ccc2cc(C(=O)NC34CC5CC(C3)CC(NC(=O)c3ccccn3)(C5)C4)ccc21. The average molecular weight is 429 g/mol. The highest BCUT2D eigenvalue weighted by Gasteiger charge is 2.58. The van der Waals surface area contributed by atoms with Crippen molar-refractivity contribution in [3.05, 3.63) is 66.1 Å². The van der Waals surface area contributed by atoms with Gasteiger partial charge in [0, 0.05) is 47.0 Å². The Labute approximate surface area is 187 Å². The molecule has 4 fully saturated rings. The van der Waals surface area contributed by atoms with Gasteiger partial charge in [-0.25, -0.2) is 0 Å². The van der Waals surface area contributed by atoms with E-state index in [-0.39, 0.29) is 22.9 Å². The van der Waals surface area contributed by atoms with Gasteiger partial charge in [-0.05, 0) is 86.8 Å². The summed E-state index contributed by atoms with van der Waals surface area (Å²) in [5.74, 6) is 0.960. The monoisotopic (exact) mass is 428 g/mol. The van der Waals surface area contributed by atoms with Crippen molar-refractivity contribution in [2.75, 3.05) is 0 Å². The first kappa shape index (κ1) is 19.5. The van der Waals surface area contributed by atoms with Gasteiger partial charge in [0.25, 0.3) is 11.8 Å². The minimum absolute atomic E-state index is 0.0103. The van der Waals surface area contributed by atoms with Gasteiger partial charge in [0.15, 0.2) is 0 Å². The van der Waals surface area contributed by atoms with Crippen LogP contribution in [0, 0.1) is 11.8 Å². The second-order valence-electron chi connectivity index (χ2n) is 10.3. The number of benzene rings is 1. The molecule has 0 radical (unpaired) electrons. The lowest BCUT2D eigenvalue weighted by atomic mass is 9.49. The van der Waals surface area contributed by atoms with Gasteiger partial charge >= 0.3 is 0 Å². The van der Waals surface area contributed by atoms with E-state index in [9.17, 15) is 9.59 Å². The van der Waals surface area contributed by atoms with Gasteiger partial charge < -0.3 is 15.2 Å². The maximum Gasteiger partial charge on any atom is 0.270 e. The van der Waals surface area contributed by atoms with E-state index in [1.807, 2.05) is 49.6 Å². The number of aromatic nitrogens is 2. The topological polar surface area (TPSA) is 76.0 Å². The zero-order valence-electron chi connectivity index (χ0n) is 18.3. The summed E-state index contributed by atoms with van der Waals surface area (Å²) in [5.41, 5.74) is 1.77. The fourth-order valence-electron chi connectivity index (χ4n) is 7.09. The Kier molecular flexibility index (Phi) is 4.23. The highest BCUT2D eigenvalue weighted by atomic mass is 16.2. The van der Waals surface area contributed by atoms with Gasteiger partial charge in [-0.2, -0.15) is 0 Å². The van der Waals surface area contributed by atoms with Gasteiger partial charge in [-0.15, -0.1) is 0 Å². The molecule has 4 saturated carbocycles. The Hall–Kier alpha value is -3.15. The molecule has 2 atom stereocenters. The molecule has 32 heavy (non-hydrogen) atoms. The van der Waals surface area contributed by atoms with E-state index in [2.05, 4.69) is 20.2 Å². The van der Waals surface area contributed by atoms with Crippen LogP contribution in [0.1, 0.15) is 59.4 Å². The Morgan fingerprint density at radius 1 is 0.969 bits per heavy atom. The van der Waals surface area contributed by atoms with Gasteiger partial charge in [-0.1, -0.05) is 6.07 Å². The number of nitrogens with one attached hydrogen (secondary N) is 2. The van der Waals surface area contributed by atoms with Crippen LogP contribution in [-0.2, 0) is 7.05 Å². The van der Waals surface area contributed by atoms with Crippen LogP contribution in [0.5, 0.6) is 0 Å². The number of nitrogens with zero attached hydrogens (tertiary/aromatic N) is 2. The molecule has 0 spiro atoms. The molecule has 2 aromatic heterocycles. The minimum Gasteiger partial charge on any atom is -0.351 e. The van der Waals surface area contributed by atoms with Crippen molar-refractivity contribution in [2.45, 2.75) is 49.6 Å². The van der Waals surface area contributed by atoms with Crippen LogP contribution in [0.3, 0.4) is 0 Å². The van der Waals surface area contributed by atoms with Crippen molar-refractivity contribution < 1.29 is 9.59 Å². The van der Waals surface area contributed by atoms with Gasteiger partial charge in [0.2, 0.25) is 0 Å². The highest BCUT2D eigenvalue weighted by Crippen LogP contribution is 2.57. The van der Waals surface area contributed by atoms with E-state index in [4.69, 9.17) is 0 Å². The molecule has 0 aliphatic heterocycles. The molecule has 2 N–H and O–H groups in total. The summed E-state index contributed by atoms with van der Waals surface area (Å²) in [6, 6.07) is 13.4. The van der Waals surface area contributed by atoms with Crippen LogP contribution in [0.15, 0.2) is 54.9 Å². The predicted molar refractivity (Wildman–Crippen MR) is 122 cm³/mol. The number of fused-ring (bicyclic) bond motifs is 1. The zero-order valence-corrected chi connectivity index (χ0v) is 18.3. The number of hydrogen-bond donors (Lipinski definition) is 2. The van der Waals surface area contributed by atoms with Crippen molar-refractivity contribution in [3.63, 3.8) is 0 Å². The third kappa shape index (κ3) is 3.20. The summed E-state index contributed by atoms with van der Waals surface area (Å²) < 4.78 is 2.06. The molecule has 1 aromatic carbocycles. The van der Waals surface area contributed by atoms with E-state index >= 15 is 0 Å². The summed E-state index contributed by atoms with van der Waals surface area (Å²) in [6.45, 7) is 0. The third-order valence-corrected chi connectivity index (χ3v) is 7.86. The molecule has 4 aliphatic carbocycles. The van der Waals surface area contributed by atoms with E-state index in [0.29, 0.717) is 23.1 Å². The Bertz CT molecular complexity index is 1200. The number of carbonyl (C=O) groups excluding carboxylic acids is 2. The van der Waals surface area contributed by atoms with Crippen molar-refractivity contribution >= 4 is 22.7 Å². The molecular weight excluding hydrogens is 400 g/mol. The number of amides is 2. The summed E-state index contributed by atoms with van der Waals surface area (Å²) in [7, 11) is 2.01. The van der Waals surface area contributed by atoms with Gasteiger partial charge in [0.1, 0.15) is 5.69 Å².